The van der Waals surface area contributed by atoms with Gasteiger partial charge in [-0.15, -0.1) is 0 Å². The molecule has 2 aliphatic heterocycles. The number of fused-ring (bicyclic) bond motifs is 4. The minimum Gasteiger partial charge on any atom is -0.462 e. The first-order valence-electron chi connectivity index (χ1n) is 8.41. The van der Waals surface area contributed by atoms with E-state index in [-0.39, 0.29) is 29.4 Å². The lowest BCUT2D eigenvalue weighted by molar-refractivity contribution is -0.140. The molecular formula is C19H17N3O5. The topological polar surface area (TPSA) is 124 Å². The van der Waals surface area contributed by atoms with Crippen molar-refractivity contribution in [2.45, 2.75) is 19.3 Å². The van der Waals surface area contributed by atoms with Gasteiger partial charge in [-0.2, -0.15) is 0 Å². The monoisotopic (exact) mass is 367 g/mol. The number of para-hydroxylation sites is 1. The minimum absolute atomic E-state index is 0.00723. The van der Waals surface area contributed by atoms with Crippen LogP contribution < -0.4 is 21.3 Å². The van der Waals surface area contributed by atoms with Crippen LogP contribution >= 0.6 is 0 Å². The first-order chi connectivity index (χ1) is 12.9. The fourth-order valence-corrected chi connectivity index (χ4v) is 3.78. The molecule has 1 aromatic heterocycles. The number of pyridine rings is 1. The maximum Gasteiger partial charge on any atom is 0.341 e. The molecule has 8 heteroatoms. The third-order valence-electron chi connectivity index (χ3n) is 4.75. The first kappa shape index (κ1) is 16.9. The molecular weight excluding hydrogens is 350 g/mol. The van der Waals surface area contributed by atoms with Crippen molar-refractivity contribution in [2.75, 3.05) is 11.9 Å². The number of carbonyl (C=O) groups is 2. The van der Waals surface area contributed by atoms with E-state index in [1.807, 2.05) is 0 Å². The van der Waals surface area contributed by atoms with Crippen LogP contribution in [0.2, 0.25) is 0 Å². The Labute approximate surface area is 154 Å². The number of benzene rings is 1. The molecule has 0 saturated heterocycles. The summed E-state index contributed by atoms with van der Waals surface area (Å²) in [5.41, 5.74) is 5.06. The van der Waals surface area contributed by atoms with E-state index in [1.54, 1.807) is 44.2 Å². The number of amides is 1. The molecule has 2 aromatic rings. The van der Waals surface area contributed by atoms with Crippen LogP contribution in [0.1, 0.15) is 23.7 Å². The number of ether oxygens (including phenoxy) is 2. The summed E-state index contributed by atoms with van der Waals surface area (Å²) in [5, 5.41) is 2.74. The summed E-state index contributed by atoms with van der Waals surface area (Å²) >= 11 is 0. The smallest absolute Gasteiger partial charge is 0.341 e. The lowest BCUT2D eigenvalue weighted by Gasteiger charge is -2.34. The van der Waals surface area contributed by atoms with Gasteiger partial charge < -0.3 is 25.5 Å². The molecule has 0 saturated carbocycles. The number of nitrogens with two attached hydrogens (primary N) is 1. The van der Waals surface area contributed by atoms with Crippen LogP contribution in [0.4, 0.5) is 5.69 Å². The van der Waals surface area contributed by atoms with Gasteiger partial charge in [-0.25, -0.2) is 4.79 Å². The number of aromatic amines is 1. The van der Waals surface area contributed by atoms with E-state index in [1.165, 1.54) is 0 Å². The average Bonchev–Trinajstić information content (AvgIpc) is 2.87. The predicted molar refractivity (Wildman–Crippen MR) is 96.1 cm³/mol. The highest BCUT2D eigenvalue weighted by molar-refractivity contribution is 6.17. The van der Waals surface area contributed by atoms with Crippen LogP contribution in [-0.2, 0) is 19.7 Å². The first-order valence-corrected chi connectivity index (χ1v) is 8.41. The molecule has 1 spiro atoms. The number of anilines is 1. The van der Waals surface area contributed by atoms with Gasteiger partial charge in [-0.3, -0.25) is 9.59 Å². The van der Waals surface area contributed by atoms with Crippen molar-refractivity contribution >= 4 is 17.6 Å². The number of hydrogen-bond acceptors (Lipinski definition) is 6. The van der Waals surface area contributed by atoms with E-state index >= 15 is 0 Å². The standard InChI is InChI=1S/C19H17N3O5/c1-3-26-17(24)14-15(20)27-12-8-9(2)21-16(23)13(12)19(14)10-6-4-5-7-11(10)22-18(19)25/h4-8H,3,20H2,1-2H3,(H,21,23)(H,22,25)/t19-/m1/s1. The largest absolute Gasteiger partial charge is 0.462 e. The van der Waals surface area contributed by atoms with Crippen molar-refractivity contribution in [3.05, 3.63) is 69.0 Å². The van der Waals surface area contributed by atoms with Crippen molar-refractivity contribution < 1.29 is 19.1 Å². The third kappa shape index (κ3) is 2.13. The second-order valence-corrected chi connectivity index (χ2v) is 6.33. The van der Waals surface area contributed by atoms with Gasteiger partial charge in [0.05, 0.1) is 12.2 Å². The van der Waals surface area contributed by atoms with E-state index in [0.29, 0.717) is 16.9 Å². The molecule has 1 aromatic carbocycles. The van der Waals surface area contributed by atoms with Gasteiger partial charge in [0.2, 0.25) is 11.8 Å². The van der Waals surface area contributed by atoms with Crippen LogP contribution in [0.15, 0.2) is 46.6 Å². The normalized spacial score (nSPS) is 20.0. The number of esters is 1. The van der Waals surface area contributed by atoms with Gasteiger partial charge in [-0.1, -0.05) is 18.2 Å². The maximum atomic E-state index is 13.3. The summed E-state index contributed by atoms with van der Waals surface area (Å²) in [4.78, 5) is 41.6. The zero-order chi connectivity index (χ0) is 19.3. The summed E-state index contributed by atoms with van der Waals surface area (Å²) in [5.74, 6) is -1.51. The predicted octanol–water partition coefficient (Wildman–Crippen LogP) is 1.05. The molecule has 0 bridgehead atoms. The van der Waals surface area contributed by atoms with E-state index in [4.69, 9.17) is 15.2 Å². The van der Waals surface area contributed by atoms with Crippen LogP contribution in [0.3, 0.4) is 0 Å². The number of aromatic nitrogens is 1. The molecule has 4 N–H and O–H groups in total. The van der Waals surface area contributed by atoms with Gasteiger partial charge in [0, 0.05) is 23.0 Å². The SMILES string of the molecule is CCOC(=O)C1=C(N)Oc2cc(C)[nH]c(=O)c2[C@@]12C(=O)Nc1ccccc12. The quantitative estimate of drug-likeness (QED) is 0.682. The van der Waals surface area contributed by atoms with Crippen LogP contribution in [0.25, 0.3) is 0 Å². The van der Waals surface area contributed by atoms with Gasteiger partial charge in [0.15, 0.2) is 0 Å². The molecule has 0 unspecified atom stereocenters. The van der Waals surface area contributed by atoms with Gasteiger partial charge in [0.25, 0.3) is 5.56 Å². The maximum absolute atomic E-state index is 13.3. The number of aryl methyl sites for hydroxylation is 1. The summed E-state index contributed by atoms with van der Waals surface area (Å²) < 4.78 is 10.7. The Morgan fingerprint density at radius 3 is 2.78 bits per heavy atom. The molecule has 1 atom stereocenters. The molecule has 4 rings (SSSR count). The van der Waals surface area contributed by atoms with E-state index < -0.39 is 22.9 Å². The third-order valence-corrected chi connectivity index (χ3v) is 4.75. The van der Waals surface area contributed by atoms with Crippen molar-refractivity contribution in [1.82, 2.24) is 4.98 Å². The fourth-order valence-electron chi connectivity index (χ4n) is 3.78. The molecule has 0 aliphatic carbocycles. The number of hydrogen-bond donors (Lipinski definition) is 3. The van der Waals surface area contributed by atoms with E-state index in [0.717, 1.165) is 0 Å². The summed E-state index contributed by atoms with van der Waals surface area (Å²) in [6.07, 6.45) is 0. The van der Waals surface area contributed by atoms with Crippen LogP contribution in [-0.4, -0.2) is 23.5 Å². The summed E-state index contributed by atoms with van der Waals surface area (Å²) in [6, 6.07) is 8.40. The second-order valence-electron chi connectivity index (χ2n) is 6.33. The number of nitrogens with one attached hydrogen (secondary N) is 2. The van der Waals surface area contributed by atoms with Crippen molar-refractivity contribution in [1.29, 1.82) is 0 Å². The average molecular weight is 367 g/mol. The zero-order valence-electron chi connectivity index (χ0n) is 14.7. The Bertz CT molecular complexity index is 1080. The summed E-state index contributed by atoms with van der Waals surface area (Å²) in [7, 11) is 0. The molecule has 3 heterocycles. The highest BCUT2D eigenvalue weighted by Gasteiger charge is 2.60. The number of rotatable bonds is 2. The molecule has 8 nitrogen and oxygen atoms in total. The molecule has 1 amide bonds. The fraction of sp³-hybridized carbons (Fsp3) is 0.211. The van der Waals surface area contributed by atoms with E-state index in [9.17, 15) is 14.4 Å². The minimum atomic E-state index is -1.75. The van der Waals surface area contributed by atoms with Gasteiger partial charge in [-0.05, 0) is 19.9 Å². The zero-order valence-corrected chi connectivity index (χ0v) is 14.7. The highest BCUT2D eigenvalue weighted by atomic mass is 16.5. The van der Waals surface area contributed by atoms with Crippen molar-refractivity contribution in [2.24, 2.45) is 5.73 Å². The van der Waals surface area contributed by atoms with Crippen LogP contribution in [0, 0.1) is 6.92 Å². The Morgan fingerprint density at radius 2 is 2.04 bits per heavy atom. The molecule has 138 valence electrons. The molecule has 27 heavy (non-hydrogen) atoms. The molecule has 0 radical (unpaired) electrons. The van der Waals surface area contributed by atoms with Gasteiger partial charge >= 0.3 is 5.97 Å². The second kappa shape index (κ2) is 5.73. The lowest BCUT2D eigenvalue weighted by Crippen LogP contribution is -2.49. The molecule has 0 fully saturated rings. The lowest BCUT2D eigenvalue weighted by atomic mass is 9.68. The summed E-state index contributed by atoms with van der Waals surface area (Å²) in [6.45, 7) is 3.39. The van der Waals surface area contributed by atoms with Crippen molar-refractivity contribution in [3.8, 4) is 5.75 Å². The Balaban J connectivity index is 2.15. The Hall–Kier alpha value is -3.55. The van der Waals surface area contributed by atoms with E-state index in [2.05, 4.69) is 10.3 Å². The van der Waals surface area contributed by atoms with Crippen molar-refractivity contribution in [3.63, 3.8) is 0 Å². The Kier molecular flexibility index (Phi) is 3.59. The number of carbonyl (C=O) groups excluding carboxylic acids is 2. The molecule has 2 aliphatic rings. The number of H-pyrrole nitrogens is 1. The van der Waals surface area contributed by atoms with Gasteiger partial charge in [0.1, 0.15) is 16.7 Å². The Morgan fingerprint density at radius 1 is 1.30 bits per heavy atom. The van der Waals surface area contributed by atoms with Crippen LogP contribution in [0.5, 0.6) is 5.75 Å². The highest BCUT2D eigenvalue weighted by Crippen LogP contribution is 2.52.